The summed E-state index contributed by atoms with van der Waals surface area (Å²) >= 11 is 0. The molecule has 0 saturated carbocycles. The molecule has 0 saturated heterocycles. The van der Waals surface area contributed by atoms with E-state index in [0.717, 1.165) is 0 Å². The van der Waals surface area contributed by atoms with Crippen LogP contribution in [0.5, 0.6) is 0 Å². The van der Waals surface area contributed by atoms with Gasteiger partial charge in [-0.05, 0) is 0 Å². The third-order valence-electron chi connectivity index (χ3n) is 0.983. The number of carbonyl (C=O) groups is 1. The van der Waals surface area contributed by atoms with Gasteiger partial charge in [0.15, 0.2) is 0 Å². The summed E-state index contributed by atoms with van der Waals surface area (Å²) in [5, 5.41) is 17.9. The molecule has 0 radical (unpaired) electrons. The van der Waals surface area contributed by atoms with Gasteiger partial charge >= 0.3 is 12.0 Å². The fourth-order valence-corrected chi connectivity index (χ4v) is 0.555. The van der Waals surface area contributed by atoms with Crippen LogP contribution in [0.25, 0.3) is 0 Å². The summed E-state index contributed by atoms with van der Waals surface area (Å²) in [5.74, 6) is -0.891. The van der Waals surface area contributed by atoms with E-state index in [0.29, 0.717) is 0 Å². The summed E-state index contributed by atoms with van der Waals surface area (Å²) in [5.41, 5.74) is 0. The van der Waals surface area contributed by atoms with Crippen LogP contribution in [0.2, 0.25) is 0 Å². The molecule has 0 unspecified atom stereocenters. The van der Waals surface area contributed by atoms with E-state index < -0.39 is 5.97 Å². The Kier molecular flexibility index (Phi) is 2.05. The summed E-state index contributed by atoms with van der Waals surface area (Å²) in [6.45, 7) is 0. The zero-order chi connectivity index (χ0) is 8.27. The molecular formula is C5H7N3O3. The molecule has 0 fully saturated rings. The Balaban J connectivity index is 2.65. The minimum Gasteiger partial charge on any atom is -0.481 e. The Hall–Kier alpha value is -1.59. The van der Waals surface area contributed by atoms with Crippen molar-refractivity contribution in [2.24, 2.45) is 0 Å². The number of aromatic nitrogens is 2. The highest BCUT2D eigenvalue weighted by molar-refractivity contribution is 5.68. The maximum Gasteiger partial charge on any atom is 0.315 e. The Bertz CT molecular complexity index is 257. The SMILES string of the molecule is CNc1nnc(CC(=O)O)o1. The van der Waals surface area contributed by atoms with Crippen LogP contribution in [0.1, 0.15) is 5.89 Å². The zero-order valence-electron chi connectivity index (χ0n) is 5.87. The number of anilines is 1. The molecule has 0 aliphatic heterocycles. The summed E-state index contributed by atoms with van der Waals surface area (Å²) < 4.78 is 4.83. The van der Waals surface area contributed by atoms with E-state index in [1.54, 1.807) is 7.05 Å². The van der Waals surface area contributed by atoms with Gasteiger partial charge in [0.2, 0.25) is 5.89 Å². The van der Waals surface area contributed by atoms with E-state index in [1.807, 2.05) is 0 Å². The molecule has 0 atom stereocenters. The maximum atomic E-state index is 10.1. The summed E-state index contributed by atoms with van der Waals surface area (Å²) in [4.78, 5) is 10.1. The van der Waals surface area contributed by atoms with Crippen LogP contribution in [0.3, 0.4) is 0 Å². The maximum absolute atomic E-state index is 10.1. The number of aliphatic carboxylic acids is 1. The van der Waals surface area contributed by atoms with Gasteiger partial charge in [0, 0.05) is 7.05 Å². The average molecular weight is 157 g/mol. The minimum absolute atomic E-state index is 0.0989. The second kappa shape index (κ2) is 3.00. The van der Waals surface area contributed by atoms with E-state index >= 15 is 0 Å². The Labute approximate surface area is 62.2 Å². The monoisotopic (exact) mass is 157 g/mol. The van der Waals surface area contributed by atoms with Gasteiger partial charge in [-0.2, -0.15) is 0 Å². The molecule has 6 heteroatoms. The first-order valence-electron chi connectivity index (χ1n) is 2.94. The van der Waals surface area contributed by atoms with E-state index in [1.165, 1.54) is 0 Å². The van der Waals surface area contributed by atoms with Crippen LogP contribution in [0.15, 0.2) is 4.42 Å². The Morgan fingerprint density at radius 1 is 1.73 bits per heavy atom. The summed E-state index contributed by atoms with van der Waals surface area (Å²) in [6, 6.07) is 0.223. The number of rotatable bonds is 3. The lowest BCUT2D eigenvalue weighted by atomic mass is 10.4. The highest BCUT2D eigenvalue weighted by Gasteiger charge is 2.07. The van der Waals surface area contributed by atoms with Gasteiger partial charge in [0.05, 0.1) is 0 Å². The standard InChI is InChI=1S/C5H7N3O3/c1-6-5-8-7-3(11-5)2-4(9)10/h2H2,1H3,(H,6,8)(H,9,10). The quantitative estimate of drug-likeness (QED) is 0.628. The smallest absolute Gasteiger partial charge is 0.315 e. The zero-order valence-corrected chi connectivity index (χ0v) is 5.87. The van der Waals surface area contributed by atoms with E-state index in [2.05, 4.69) is 15.5 Å². The highest BCUT2D eigenvalue weighted by Crippen LogP contribution is 2.03. The van der Waals surface area contributed by atoms with Gasteiger partial charge in [-0.25, -0.2) is 0 Å². The molecule has 0 bridgehead atoms. The first-order valence-corrected chi connectivity index (χ1v) is 2.94. The van der Waals surface area contributed by atoms with Crippen molar-refractivity contribution in [1.29, 1.82) is 0 Å². The van der Waals surface area contributed by atoms with Crippen LogP contribution in [-0.2, 0) is 11.2 Å². The van der Waals surface area contributed by atoms with Gasteiger partial charge in [-0.1, -0.05) is 5.10 Å². The second-order valence-corrected chi connectivity index (χ2v) is 1.82. The third kappa shape index (κ3) is 1.92. The Morgan fingerprint density at radius 3 is 2.91 bits per heavy atom. The third-order valence-corrected chi connectivity index (χ3v) is 0.983. The minimum atomic E-state index is -0.990. The van der Waals surface area contributed by atoms with Gasteiger partial charge in [-0.3, -0.25) is 4.79 Å². The molecule has 0 amide bonds. The molecule has 0 aliphatic rings. The molecule has 2 N–H and O–H groups in total. The van der Waals surface area contributed by atoms with Crippen LogP contribution in [0, 0.1) is 0 Å². The number of hydrogen-bond acceptors (Lipinski definition) is 5. The van der Waals surface area contributed by atoms with Gasteiger partial charge in [0.1, 0.15) is 6.42 Å². The van der Waals surface area contributed by atoms with Crippen molar-refractivity contribution in [2.75, 3.05) is 12.4 Å². The lowest BCUT2D eigenvalue weighted by Gasteiger charge is -1.86. The van der Waals surface area contributed by atoms with Crippen LogP contribution in [-0.4, -0.2) is 28.3 Å². The largest absolute Gasteiger partial charge is 0.481 e. The number of nitrogens with zero attached hydrogens (tertiary/aromatic N) is 2. The number of nitrogens with one attached hydrogen (secondary N) is 1. The van der Waals surface area contributed by atoms with Crippen LogP contribution < -0.4 is 5.32 Å². The van der Waals surface area contributed by atoms with Crippen molar-refractivity contribution >= 4 is 12.0 Å². The lowest BCUT2D eigenvalue weighted by Crippen LogP contribution is -1.99. The summed E-state index contributed by atoms with van der Waals surface area (Å²) in [7, 11) is 1.61. The predicted molar refractivity (Wildman–Crippen MR) is 35.2 cm³/mol. The average Bonchev–Trinajstić information content (AvgIpc) is 2.34. The second-order valence-electron chi connectivity index (χ2n) is 1.82. The van der Waals surface area contributed by atoms with Crippen molar-refractivity contribution < 1.29 is 14.3 Å². The topological polar surface area (TPSA) is 88.2 Å². The Morgan fingerprint density at radius 2 is 2.45 bits per heavy atom. The first kappa shape index (κ1) is 7.52. The number of hydrogen-bond donors (Lipinski definition) is 2. The van der Waals surface area contributed by atoms with Crippen LogP contribution in [0.4, 0.5) is 6.01 Å². The molecule has 60 valence electrons. The summed E-state index contributed by atoms with van der Waals surface area (Å²) in [6.07, 6.45) is -0.241. The van der Waals surface area contributed by atoms with E-state index in [9.17, 15) is 4.79 Å². The van der Waals surface area contributed by atoms with Gasteiger partial charge < -0.3 is 14.8 Å². The van der Waals surface area contributed by atoms with Crippen molar-refractivity contribution in [3.05, 3.63) is 5.89 Å². The molecule has 0 aliphatic carbocycles. The molecule has 1 rings (SSSR count). The fraction of sp³-hybridized carbons (Fsp3) is 0.400. The van der Waals surface area contributed by atoms with Crippen molar-refractivity contribution in [2.45, 2.75) is 6.42 Å². The molecule has 11 heavy (non-hydrogen) atoms. The molecule has 1 aromatic heterocycles. The molecule has 1 aromatic rings. The van der Waals surface area contributed by atoms with Crippen LogP contribution >= 0.6 is 0 Å². The molecule has 1 heterocycles. The molecule has 0 aromatic carbocycles. The van der Waals surface area contributed by atoms with Crippen molar-refractivity contribution in [3.8, 4) is 0 Å². The van der Waals surface area contributed by atoms with Gasteiger partial charge in [0.25, 0.3) is 0 Å². The first-order chi connectivity index (χ1) is 5.22. The highest BCUT2D eigenvalue weighted by atomic mass is 16.4. The molecule has 6 nitrogen and oxygen atoms in total. The van der Waals surface area contributed by atoms with E-state index in [-0.39, 0.29) is 18.3 Å². The van der Waals surface area contributed by atoms with Crippen molar-refractivity contribution in [3.63, 3.8) is 0 Å². The number of carboxylic acids is 1. The normalized spacial score (nSPS) is 9.55. The fourth-order valence-electron chi connectivity index (χ4n) is 0.555. The lowest BCUT2D eigenvalue weighted by molar-refractivity contribution is -0.136. The van der Waals surface area contributed by atoms with Crippen molar-refractivity contribution in [1.82, 2.24) is 10.2 Å². The van der Waals surface area contributed by atoms with Gasteiger partial charge in [-0.15, -0.1) is 5.10 Å². The van der Waals surface area contributed by atoms with E-state index in [4.69, 9.17) is 9.52 Å². The predicted octanol–water partition coefficient (Wildman–Crippen LogP) is -0.262. The molecule has 0 spiro atoms. The molecular weight excluding hydrogens is 150 g/mol. The number of carboxylic acid groups (broad SMARTS) is 1.